The van der Waals surface area contributed by atoms with Crippen molar-refractivity contribution in [1.29, 1.82) is 0 Å². The lowest BCUT2D eigenvalue weighted by Crippen LogP contribution is -2.41. The second-order valence-corrected chi connectivity index (χ2v) is 6.17. The molecule has 1 aromatic carbocycles. The molecule has 0 aromatic heterocycles. The highest BCUT2D eigenvalue weighted by Crippen LogP contribution is 2.28. The van der Waals surface area contributed by atoms with E-state index >= 15 is 0 Å². The predicted molar refractivity (Wildman–Crippen MR) is 97.0 cm³/mol. The van der Waals surface area contributed by atoms with Crippen molar-refractivity contribution in [2.24, 2.45) is 11.0 Å². The summed E-state index contributed by atoms with van der Waals surface area (Å²) in [5, 5.41) is 6.28. The van der Waals surface area contributed by atoms with Crippen LogP contribution in [-0.2, 0) is 9.59 Å². The van der Waals surface area contributed by atoms with Crippen molar-refractivity contribution in [3.05, 3.63) is 23.8 Å². The van der Waals surface area contributed by atoms with Crippen molar-refractivity contribution in [2.75, 3.05) is 13.2 Å². The molecule has 7 heteroatoms. The first-order valence-corrected chi connectivity index (χ1v) is 8.37. The van der Waals surface area contributed by atoms with Gasteiger partial charge in [0.15, 0.2) is 11.5 Å². The molecule has 0 saturated heterocycles. The van der Waals surface area contributed by atoms with Crippen molar-refractivity contribution in [1.82, 2.24) is 10.7 Å². The molecule has 2 amide bonds. The van der Waals surface area contributed by atoms with Crippen LogP contribution >= 0.6 is 0 Å². The molecule has 0 aliphatic rings. The number of ether oxygens (including phenoxy) is 2. The quantitative estimate of drug-likeness (QED) is 0.427. The van der Waals surface area contributed by atoms with E-state index in [1.165, 1.54) is 6.21 Å². The molecular formula is C18H27N3O4. The van der Waals surface area contributed by atoms with Crippen molar-refractivity contribution in [2.45, 2.75) is 40.7 Å². The Bertz CT molecular complexity index is 612. The standard InChI is InChI=1S/C18H27N3O4/c1-6-24-16-9-14(7-8-15(16)25-11-12(2)3)10-19-21-18(23)17(22)20-13(4)5/h7-10,12-13H,6,11H2,1-5H3,(H,20,22)(H,21,23)/b19-10-. The minimum absolute atomic E-state index is 0.116. The van der Waals surface area contributed by atoms with Crippen LogP contribution in [0.4, 0.5) is 0 Å². The fourth-order valence-corrected chi connectivity index (χ4v) is 1.79. The van der Waals surface area contributed by atoms with Crippen LogP contribution in [-0.4, -0.2) is 37.3 Å². The topological polar surface area (TPSA) is 89.0 Å². The number of nitrogens with one attached hydrogen (secondary N) is 2. The van der Waals surface area contributed by atoms with Gasteiger partial charge in [-0.25, -0.2) is 5.43 Å². The number of nitrogens with zero attached hydrogens (tertiary/aromatic N) is 1. The molecule has 0 spiro atoms. The van der Waals surface area contributed by atoms with Crippen LogP contribution in [0.2, 0.25) is 0 Å². The van der Waals surface area contributed by atoms with Crippen LogP contribution in [0.3, 0.4) is 0 Å². The Balaban J connectivity index is 2.73. The summed E-state index contributed by atoms with van der Waals surface area (Å²) < 4.78 is 11.3. The molecule has 0 saturated carbocycles. The molecule has 0 aliphatic carbocycles. The number of benzene rings is 1. The highest BCUT2D eigenvalue weighted by atomic mass is 16.5. The van der Waals surface area contributed by atoms with E-state index in [1.54, 1.807) is 32.0 Å². The van der Waals surface area contributed by atoms with Gasteiger partial charge >= 0.3 is 11.8 Å². The minimum Gasteiger partial charge on any atom is -0.490 e. The lowest BCUT2D eigenvalue weighted by Gasteiger charge is -2.13. The number of rotatable bonds is 8. The van der Waals surface area contributed by atoms with Gasteiger partial charge in [0.2, 0.25) is 0 Å². The first kappa shape index (κ1) is 20.5. The maximum Gasteiger partial charge on any atom is 0.329 e. The second kappa shape index (κ2) is 10.3. The third-order valence-electron chi connectivity index (χ3n) is 2.85. The Morgan fingerprint density at radius 2 is 1.84 bits per heavy atom. The van der Waals surface area contributed by atoms with Crippen LogP contribution in [0.1, 0.15) is 40.2 Å². The molecule has 0 bridgehead atoms. The summed E-state index contributed by atoms with van der Waals surface area (Å²) in [4.78, 5) is 23.0. The van der Waals surface area contributed by atoms with Crippen LogP contribution in [0, 0.1) is 5.92 Å². The fraction of sp³-hybridized carbons (Fsp3) is 0.500. The average molecular weight is 349 g/mol. The van der Waals surface area contributed by atoms with E-state index in [2.05, 4.69) is 29.7 Å². The third-order valence-corrected chi connectivity index (χ3v) is 2.85. The first-order chi connectivity index (χ1) is 11.8. The highest BCUT2D eigenvalue weighted by Gasteiger charge is 2.13. The van der Waals surface area contributed by atoms with Gasteiger partial charge in [-0.05, 0) is 50.5 Å². The average Bonchev–Trinajstić information content (AvgIpc) is 2.53. The normalized spacial score (nSPS) is 11.0. The molecule has 0 fully saturated rings. The van der Waals surface area contributed by atoms with Crippen LogP contribution in [0.15, 0.2) is 23.3 Å². The molecule has 138 valence electrons. The zero-order valence-electron chi connectivity index (χ0n) is 15.5. The first-order valence-electron chi connectivity index (χ1n) is 8.37. The van der Waals surface area contributed by atoms with Gasteiger partial charge in [0.05, 0.1) is 19.4 Å². The van der Waals surface area contributed by atoms with Gasteiger partial charge in [0.25, 0.3) is 0 Å². The zero-order valence-corrected chi connectivity index (χ0v) is 15.5. The number of carbonyl (C=O) groups is 2. The van der Waals surface area contributed by atoms with Crippen LogP contribution in [0.25, 0.3) is 0 Å². The minimum atomic E-state index is -0.813. The molecule has 0 unspecified atom stereocenters. The van der Waals surface area contributed by atoms with Gasteiger partial charge < -0.3 is 14.8 Å². The summed E-state index contributed by atoms with van der Waals surface area (Å²) in [6.45, 7) is 10.7. The van der Waals surface area contributed by atoms with Crippen LogP contribution in [0.5, 0.6) is 11.5 Å². The summed E-state index contributed by atoms with van der Waals surface area (Å²) in [5.74, 6) is 0.137. The molecule has 2 N–H and O–H groups in total. The van der Waals surface area contributed by atoms with Crippen molar-refractivity contribution >= 4 is 18.0 Å². The summed E-state index contributed by atoms with van der Waals surface area (Å²) in [6.07, 6.45) is 1.44. The van der Waals surface area contributed by atoms with Gasteiger partial charge in [-0.3, -0.25) is 9.59 Å². The lowest BCUT2D eigenvalue weighted by molar-refractivity contribution is -0.139. The second-order valence-electron chi connectivity index (χ2n) is 6.17. The van der Waals surface area contributed by atoms with Crippen LogP contribution < -0.4 is 20.2 Å². The Morgan fingerprint density at radius 3 is 2.44 bits per heavy atom. The summed E-state index contributed by atoms with van der Waals surface area (Å²) in [5.41, 5.74) is 2.90. The van der Waals surface area contributed by atoms with Gasteiger partial charge in [-0.2, -0.15) is 5.10 Å². The molecular weight excluding hydrogens is 322 g/mol. The number of hydrogen-bond acceptors (Lipinski definition) is 5. The van der Waals surface area contributed by atoms with E-state index in [0.29, 0.717) is 36.2 Å². The predicted octanol–water partition coefficient (Wildman–Crippen LogP) is 2.09. The summed E-state index contributed by atoms with van der Waals surface area (Å²) >= 11 is 0. The Kier molecular flexibility index (Phi) is 8.46. The van der Waals surface area contributed by atoms with Gasteiger partial charge in [0, 0.05) is 6.04 Å². The Hall–Kier alpha value is -2.57. The lowest BCUT2D eigenvalue weighted by atomic mass is 10.2. The van der Waals surface area contributed by atoms with Crippen molar-refractivity contribution < 1.29 is 19.1 Å². The largest absolute Gasteiger partial charge is 0.490 e. The number of hydrogen-bond donors (Lipinski definition) is 2. The van der Waals surface area contributed by atoms with E-state index in [1.807, 2.05) is 6.92 Å². The van der Waals surface area contributed by atoms with Gasteiger partial charge in [-0.15, -0.1) is 0 Å². The molecule has 25 heavy (non-hydrogen) atoms. The third kappa shape index (κ3) is 7.69. The number of carbonyl (C=O) groups excluding carboxylic acids is 2. The van der Waals surface area contributed by atoms with E-state index in [0.717, 1.165) is 0 Å². The summed E-state index contributed by atoms with van der Waals surface area (Å²) in [6, 6.07) is 5.24. The maximum atomic E-state index is 11.6. The van der Waals surface area contributed by atoms with Gasteiger partial charge in [0.1, 0.15) is 0 Å². The highest BCUT2D eigenvalue weighted by molar-refractivity contribution is 6.35. The number of amides is 2. The smallest absolute Gasteiger partial charge is 0.329 e. The SMILES string of the molecule is CCOc1cc(/C=N\NC(=O)C(=O)NC(C)C)ccc1OCC(C)C. The molecule has 0 radical (unpaired) electrons. The van der Waals surface area contributed by atoms with E-state index in [4.69, 9.17) is 9.47 Å². The van der Waals surface area contributed by atoms with E-state index < -0.39 is 11.8 Å². The van der Waals surface area contributed by atoms with Crippen molar-refractivity contribution in [3.8, 4) is 11.5 Å². The summed E-state index contributed by atoms with van der Waals surface area (Å²) in [7, 11) is 0. The molecule has 7 nitrogen and oxygen atoms in total. The zero-order chi connectivity index (χ0) is 18.8. The van der Waals surface area contributed by atoms with E-state index in [-0.39, 0.29) is 6.04 Å². The molecule has 1 aromatic rings. The Morgan fingerprint density at radius 1 is 1.12 bits per heavy atom. The molecule has 1 rings (SSSR count). The van der Waals surface area contributed by atoms with Gasteiger partial charge in [-0.1, -0.05) is 13.8 Å². The fourth-order valence-electron chi connectivity index (χ4n) is 1.79. The molecule has 0 atom stereocenters. The van der Waals surface area contributed by atoms with E-state index in [9.17, 15) is 9.59 Å². The van der Waals surface area contributed by atoms with Crippen molar-refractivity contribution in [3.63, 3.8) is 0 Å². The molecule has 0 aliphatic heterocycles. The molecule has 0 heterocycles. The Labute approximate surface area is 148 Å². The maximum absolute atomic E-state index is 11.6. The monoisotopic (exact) mass is 349 g/mol. The number of hydrazone groups is 1.